The monoisotopic (exact) mass is 458 g/mol. The topological polar surface area (TPSA) is 43.3 Å². The first-order valence-electron chi connectivity index (χ1n) is 11.7. The summed E-state index contributed by atoms with van der Waals surface area (Å²) in [5, 5.41) is 4.14. The van der Waals surface area contributed by atoms with Crippen molar-refractivity contribution in [2.24, 2.45) is 5.92 Å². The number of rotatable bonds is 9. The lowest BCUT2D eigenvalue weighted by Crippen LogP contribution is -2.28. The molecule has 0 aliphatic carbocycles. The van der Waals surface area contributed by atoms with Crippen molar-refractivity contribution in [3.8, 4) is 5.75 Å². The van der Waals surface area contributed by atoms with Crippen molar-refractivity contribution in [2.45, 2.75) is 32.7 Å². The van der Waals surface area contributed by atoms with Crippen molar-refractivity contribution in [3.05, 3.63) is 102 Å². The molecule has 0 spiro atoms. The quantitative estimate of drug-likeness (QED) is 0.328. The minimum absolute atomic E-state index is 0.00462. The Balaban J connectivity index is 1.73. The molecule has 1 heterocycles. The number of hydrogen-bond acceptors (Lipinski definition) is 2. The van der Waals surface area contributed by atoms with Gasteiger partial charge in [0.25, 0.3) is 0 Å². The van der Waals surface area contributed by atoms with Gasteiger partial charge in [0.1, 0.15) is 11.6 Å². The number of fused-ring (bicyclic) bond motifs is 1. The van der Waals surface area contributed by atoms with Crippen molar-refractivity contribution >= 4 is 16.8 Å². The third kappa shape index (κ3) is 5.48. The number of para-hydroxylation sites is 1. The van der Waals surface area contributed by atoms with Crippen LogP contribution in [0.15, 0.2) is 79.0 Å². The Morgan fingerprint density at radius 1 is 1.00 bits per heavy atom. The van der Waals surface area contributed by atoms with Crippen LogP contribution in [0.5, 0.6) is 5.75 Å². The van der Waals surface area contributed by atoms with Gasteiger partial charge in [-0.05, 0) is 52.9 Å². The van der Waals surface area contributed by atoms with Crippen molar-refractivity contribution in [1.29, 1.82) is 0 Å². The number of carbonyl (C=O) groups excluding carboxylic acids is 1. The Kier molecular flexibility index (Phi) is 7.31. The molecular weight excluding hydrogens is 427 g/mol. The highest BCUT2D eigenvalue weighted by Gasteiger charge is 2.23. The zero-order valence-electron chi connectivity index (χ0n) is 19.9. The zero-order chi connectivity index (χ0) is 24.1. The Labute approximate surface area is 200 Å². The Hall–Kier alpha value is -3.60. The van der Waals surface area contributed by atoms with E-state index in [-0.39, 0.29) is 17.6 Å². The van der Waals surface area contributed by atoms with Gasteiger partial charge in [0.15, 0.2) is 0 Å². The number of ether oxygens (including phenoxy) is 1. The molecule has 4 aromatic rings. The van der Waals surface area contributed by atoms with Gasteiger partial charge in [-0.15, -0.1) is 0 Å². The van der Waals surface area contributed by atoms with Crippen LogP contribution in [-0.2, 0) is 11.3 Å². The lowest BCUT2D eigenvalue weighted by Gasteiger charge is -2.18. The molecule has 176 valence electrons. The molecule has 4 nitrogen and oxygen atoms in total. The molecule has 1 N–H and O–H groups in total. The first-order valence-corrected chi connectivity index (χ1v) is 11.7. The third-order valence-corrected chi connectivity index (χ3v) is 6.08. The largest absolute Gasteiger partial charge is 0.497 e. The van der Waals surface area contributed by atoms with Gasteiger partial charge >= 0.3 is 0 Å². The van der Waals surface area contributed by atoms with Gasteiger partial charge in [-0.1, -0.05) is 56.3 Å². The summed E-state index contributed by atoms with van der Waals surface area (Å²) >= 11 is 0. The van der Waals surface area contributed by atoms with E-state index in [9.17, 15) is 9.18 Å². The summed E-state index contributed by atoms with van der Waals surface area (Å²) in [6.45, 7) is 5.48. The number of benzene rings is 3. The summed E-state index contributed by atoms with van der Waals surface area (Å²) in [5.41, 5.74) is 4.24. The summed E-state index contributed by atoms with van der Waals surface area (Å²) in [7, 11) is 1.66. The number of aromatic nitrogens is 1. The fourth-order valence-electron chi connectivity index (χ4n) is 4.29. The van der Waals surface area contributed by atoms with Crippen LogP contribution in [0.1, 0.15) is 42.9 Å². The molecule has 0 fully saturated rings. The van der Waals surface area contributed by atoms with Gasteiger partial charge in [-0.2, -0.15) is 0 Å². The maximum atomic E-state index is 13.7. The zero-order valence-corrected chi connectivity index (χ0v) is 19.9. The van der Waals surface area contributed by atoms with Gasteiger partial charge < -0.3 is 14.6 Å². The minimum atomic E-state index is -0.284. The summed E-state index contributed by atoms with van der Waals surface area (Å²) in [6, 6.07) is 22.8. The molecule has 0 bridgehead atoms. The maximum absolute atomic E-state index is 13.7. The Morgan fingerprint density at radius 2 is 1.71 bits per heavy atom. The van der Waals surface area contributed by atoms with Crippen LogP contribution in [0, 0.1) is 11.7 Å². The first-order chi connectivity index (χ1) is 16.4. The van der Waals surface area contributed by atoms with Crippen molar-refractivity contribution in [1.82, 2.24) is 9.88 Å². The van der Waals surface area contributed by atoms with Crippen molar-refractivity contribution in [2.75, 3.05) is 13.7 Å². The Morgan fingerprint density at radius 3 is 2.38 bits per heavy atom. The normalized spacial score (nSPS) is 12.1. The molecule has 0 unspecified atom stereocenters. The van der Waals surface area contributed by atoms with Crippen molar-refractivity contribution in [3.63, 3.8) is 0 Å². The smallest absolute Gasteiger partial charge is 0.220 e. The van der Waals surface area contributed by atoms with Gasteiger partial charge in [0.2, 0.25) is 5.91 Å². The molecule has 0 saturated heterocycles. The van der Waals surface area contributed by atoms with Crippen LogP contribution in [0.25, 0.3) is 10.9 Å². The molecule has 5 heteroatoms. The maximum Gasteiger partial charge on any atom is 0.220 e. The number of hydrogen-bond donors (Lipinski definition) is 1. The molecule has 4 rings (SSSR count). The summed E-state index contributed by atoms with van der Waals surface area (Å²) < 4.78 is 21.2. The van der Waals surface area contributed by atoms with Gasteiger partial charge in [-0.25, -0.2) is 4.39 Å². The average Bonchev–Trinajstić information content (AvgIpc) is 3.20. The highest BCUT2D eigenvalue weighted by atomic mass is 19.1. The van der Waals surface area contributed by atoms with E-state index in [0.29, 0.717) is 25.4 Å². The van der Waals surface area contributed by atoms with Crippen LogP contribution >= 0.6 is 0 Å². The highest BCUT2D eigenvalue weighted by Crippen LogP contribution is 2.35. The Bertz CT molecular complexity index is 1240. The van der Waals surface area contributed by atoms with Crippen LogP contribution in [0.2, 0.25) is 0 Å². The molecular formula is C29H31FN2O2. The molecule has 1 amide bonds. The van der Waals surface area contributed by atoms with E-state index in [1.807, 2.05) is 24.3 Å². The molecule has 0 radical (unpaired) electrons. The summed E-state index contributed by atoms with van der Waals surface area (Å²) in [5.74, 6) is 0.726. The van der Waals surface area contributed by atoms with Gasteiger partial charge in [0.05, 0.1) is 7.11 Å². The highest BCUT2D eigenvalue weighted by molar-refractivity contribution is 5.86. The van der Waals surface area contributed by atoms with E-state index in [1.54, 1.807) is 19.2 Å². The van der Waals surface area contributed by atoms with E-state index in [1.165, 1.54) is 12.1 Å². The van der Waals surface area contributed by atoms with E-state index in [4.69, 9.17) is 4.74 Å². The van der Waals surface area contributed by atoms with Crippen LogP contribution in [-0.4, -0.2) is 24.1 Å². The van der Waals surface area contributed by atoms with Crippen LogP contribution in [0.3, 0.4) is 0 Å². The van der Waals surface area contributed by atoms with E-state index in [2.05, 4.69) is 54.2 Å². The second-order valence-electron chi connectivity index (χ2n) is 9.08. The predicted octanol–water partition coefficient (Wildman–Crippen LogP) is 6.13. The number of halogens is 1. The van der Waals surface area contributed by atoms with E-state index in [0.717, 1.165) is 33.3 Å². The number of nitrogens with one attached hydrogen (secondary N) is 1. The number of nitrogens with zero attached hydrogens (tertiary/aromatic N) is 1. The van der Waals surface area contributed by atoms with Crippen LogP contribution < -0.4 is 10.1 Å². The molecule has 3 aromatic carbocycles. The van der Waals surface area contributed by atoms with Crippen LogP contribution in [0.4, 0.5) is 4.39 Å². The van der Waals surface area contributed by atoms with Crippen molar-refractivity contribution < 1.29 is 13.9 Å². The SMILES string of the molecule is COc1ccc(Cn2cc([C@@H](CC(=O)NCC(C)C)c3ccc(F)cc3)c3ccccc32)cc1. The standard InChI is InChI=1S/C29H31FN2O2/c1-20(2)17-31-29(33)16-26(22-10-12-23(30)13-11-22)27-19-32(28-7-5-4-6-25(27)28)18-21-8-14-24(34-3)15-9-21/h4-15,19-20,26H,16-18H2,1-3H3,(H,31,33)/t26-/m0/s1. The van der Waals surface area contributed by atoms with Gasteiger partial charge in [-0.3, -0.25) is 4.79 Å². The third-order valence-electron chi connectivity index (χ3n) is 6.08. The predicted molar refractivity (Wildman–Crippen MR) is 135 cm³/mol. The first kappa shape index (κ1) is 23.6. The number of methoxy groups -OCH3 is 1. The number of carbonyl (C=O) groups is 1. The molecule has 0 saturated carbocycles. The number of amides is 1. The van der Waals surface area contributed by atoms with E-state index >= 15 is 0 Å². The molecule has 34 heavy (non-hydrogen) atoms. The fourth-order valence-corrected chi connectivity index (χ4v) is 4.29. The summed E-state index contributed by atoms with van der Waals surface area (Å²) in [6.07, 6.45) is 2.44. The second kappa shape index (κ2) is 10.6. The molecule has 1 aromatic heterocycles. The molecule has 0 aliphatic heterocycles. The van der Waals surface area contributed by atoms with Gasteiger partial charge in [0, 0.05) is 42.5 Å². The molecule has 0 aliphatic rings. The molecule has 1 atom stereocenters. The summed E-state index contributed by atoms with van der Waals surface area (Å²) in [4.78, 5) is 12.9. The minimum Gasteiger partial charge on any atom is -0.497 e. The fraction of sp³-hybridized carbons (Fsp3) is 0.276. The lowest BCUT2D eigenvalue weighted by molar-refractivity contribution is -0.121. The lowest BCUT2D eigenvalue weighted by atomic mass is 9.88. The van der Waals surface area contributed by atoms with E-state index < -0.39 is 0 Å². The average molecular weight is 459 g/mol. The second-order valence-corrected chi connectivity index (χ2v) is 9.08.